The minimum atomic E-state index is -4.53. The number of esters is 1. The summed E-state index contributed by atoms with van der Waals surface area (Å²) in [6.45, 7) is 0.283. The van der Waals surface area contributed by atoms with Crippen molar-refractivity contribution in [2.45, 2.75) is 12.8 Å². The quantitative estimate of drug-likeness (QED) is 0.154. The molecule has 0 amide bonds. The first-order valence-electron chi connectivity index (χ1n) is 12.5. The van der Waals surface area contributed by atoms with Crippen molar-refractivity contribution in [1.82, 2.24) is 4.98 Å². The standard InChI is InChI=1S/C33H24F3NO3/c1-39-30(38)18-17-22-13-15-23(16-14-22)21-40-26-10-5-9-25(19-26)31-27-11-6-12-29(33(34,35)36)32(27)37-20-28(31)24-7-3-2-4-8-24/h2-20H,21H2,1H3. The van der Waals surface area contributed by atoms with Crippen LogP contribution in [0.5, 0.6) is 5.75 Å². The fourth-order valence-corrected chi connectivity index (χ4v) is 4.46. The zero-order chi connectivity index (χ0) is 28.1. The lowest BCUT2D eigenvalue weighted by Gasteiger charge is -2.17. The van der Waals surface area contributed by atoms with E-state index in [1.54, 1.807) is 12.1 Å². The number of fused-ring (bicyclic) bond motifs is 1. The van der Waals surface area contributed by atoms with Gasteiger partial charge in [0.2, 0.25) is 0 Å². The van der Waals surface area contributed by atoms with Crippen LogP contribution >= 0.6 is 0 Å². The Balaban J connectivity index is 1.50. The molecule has 1 aromatic heterocycles. The predicted molar refractivity (Wildman–Crippen MR) is 149 cm³/mol. The zero-order valence-corrected chi connectivity index (χ0v) is 21.5. The van der Waals surface area contributed by atoms with Gasteiger partial charge in [-0.3, -0.25) is 4.98 Å². The predicted octanol–water partition coefficient (Wildman–Crippen LogP) is 8.35. The van der Waals surface area contributed by atoms with Crippen LogP contribution in [0.2, 0.25) is 0 Å². The van der Waals surface area contributed by atoms with Crippen molar-refractivity contribution in [3.63, 3.8) is 0 Å². The summed E-state index contributed by atoms with van der Waals surface area (Å²) in [4.78, 5) is 15.6. The molecular formula is C33H24F3NO3. The minimum Gasteiger partial charge on any atom is -0.489 e. The largest absolute Gasteiger partial charge is 0.489 e. The van der Waals surface area contributed by atoms with Crippen molar-refractivity contribution < 1.29 is 27.4 Å². The summed E-state index contributed by atoms with van der Waals surface area (Å²) in [6, 6.07) is 28.4. The molecule has 200 valence electrons. The molecule has 0 spiro atoms. The van der Waals surface area contributed by atoms with Gasteiger partial charge in [0.15, 0.2) is 0 Å². The fourth-order valence-electron chi connectivity index (χ4n) is 4.46. The van der Waals surface area contributed by atoms with Crippen LogP contribution in [0, 0.1) is 0 Å². The van der Waals surface area contributed by atoms with Crippen LogP contribution in [-0.4, -0.2) is 18.1 Å². The van der Waals surface area contributed by atoms with Gasteiger partial charge in [0.1, 0.15) is 12.4 Å². The third-order valence-electron chi connectivity index (χ3n) is 6.41. The minimum absolute atomic E-state index is 0.0997. The van der Waals surface area contributed by atoms with E-state index in [4.69, 9.17) is 4.74 Å². The van der Waals surface area contributed by atoms with Crippen molar-refractivity contribution >= 4 is 22.9 Å². The molecule has 0 unspecified atom stereocenters. The number of aromatic nitrogens is 1. The molecule has 0 fully saturated rings. The maximum atomic E-state index is 13.8. The van der Waals surface area contributed by atoms with Crippen molar-refractivity contribution in [3.8, 4) is 28.0 Å². The number of hydrogen-bond acceptors (Lipinski definition) is 4. The summed E-state index contributed by atoms with van der Waals surface area (Å²) in [5, 5.41) is 0.406. The Morgan fingerprint density at radius 1 is 0.875 bits per heavy atom. The van der Waals surface area contributed by atoms with Crippen molar-refractivity contribution in [2.24, 2.45) is 0 Å². The molecule has 4 nitrogen and oxygen atoms in total. The van der Waals surface area contributed by atoms with Gasteiger partial charge < -0.3 is 9.47 Å². The van der Waals surface area contributed by atoms with Crippen LogP contribution in [0.15, 0.2) is 109 Å². The van der Waals surface area contributed by atoms with E-state index < -0.39 is 17.7 Å². The van der Waals surface area contributed by atoms with Crippen LogP contribution in [0.4, 0.5) is 13.2 Å². The number of hydrogen-bond donors (Lipinski definition) is 0. The lowest BCUT2D eigenvalue weighted by Crippen LogP contribution is -2.07. The van der Waals surface area contributed by atoms with E-state index in [1.807, 2.05) is 78.9 Å². The highest BCUT2D eigenvalue weighted by Gasteiger charge is 2.33. The van der Waals surface area contributed by atoms with E-state index in [0.29, 0.717) is 22.3 Å². The number of methoxy groups -OCH3 is 1. The third kappa shape index (κ3) is 5.89. The van der Waals surface area contributed by atoms with Crippen LogP contribution in [0.25, 0.3) is 39.2 Å². The number of carbonyl (C=O) groups is 1. The van der Waals surface area contributed by atoms with Gasteiger partial charge in [-0.25, -0.2) is 4.79 Å². The van der Waals surface area contributed by atoms with Crippen molar-refractivity contribution in [1.29, 1.82) is 0 Å². The number of rotatable bonds is 7. The number of nitrogens with zero attached hydrogens (tertiary/aromatic N) is 1. The molecule has 0 saturated heterocycles. The number of carbonyl (C=O) groups excluding carboxylic acids is 1. The van der Waals surface area contributed by atoms with Gasteiger partial charge in [-0.05, 0) is 46.5 Å². The van der Waals surface area contributed by atoms with Crippen LogP contribution in [0.3, 0.4) is 0 Å². The van der Waals surface area contributed by atoms with Gasteiger partial charge in [-0.15, -0.1) is 0 Å². The molecule has 0 bridgehead atoms. The van der Waals surface area contributed by atoms with Gasteiger partial charge in [-0.2, -0.15) is 13.2 Å². The first-order valence-corrected chi connectivity index (χ1v) is 12.5. The van der Waals surface area contributed by atoms with E-state index in [1.165, 1.54) is 25.4 Å². The average Bonchev–Trinajstić information content (AvgIpc) is 2.98. The van der Waals surface area contributed by atoms with Gasteiger partial charge in [0.05, 0.1) is 18.2 Å². The maximum absolute atomic E-state index is 13.8. The number of halogens is 3. The molecule has 0 aliphatic carbocycles. The second-order valence-corrected chi connectivity index (χ2v) is 9.03. The SMILES string of the molecule is COC(=O)C=Cc1ccc(COc2cccc(-c3c(-c4ccccc4)cnc4c(C(F)(F)F)cccc34)c2)cc1. The molecule has 0 aliphatic heterocycles. The zero-order valence-electron chi connectivity index (χ0n) is 21.5. The Bertz CT molecular complexity index is 1680. The monoisotopic (exact) mass is 539 g/mol. The Hall–Kier alpha value is -4.91. The second kappa shape index (κ2) is 11.5. The Kier molecular flexibility index (Phi) is 7.64. The highest BCUT2D eigenvalue weighted by molar-refractivity contribution is 6.03. The van der Waals surface area contributed by atoms with E-state index >= 15 is 0 Å². The molecule has 4 aromatic carbocycles. The van der Waals surface area contributed by atoms with Gasteiger partial charge in [0.25, 0.3) is 0 Å². The molecule has 1 heterocycles. The van der Waals surface area contributed by atoms with Crippen molar-refractivity contribution in [2.75, 3.05) is 7.11 Å². The highest BCUT2D eigenvalue weighted by atomic mass is 19.4. The van der Waals surface area contributed by atoms with Crippen LogP contribution in [-0.2, 0) is 22.3 Å². The summed E-state index contributed by atoms with van der Waals surface area (Å²) in [6.07, 6.45) is -0.0195. The van der Waals surface area contributed by atoms with Gasteiger partial charge in [-0.1, -0.05) is 78.9 Å². The van der Waals surface area contributed by atoms with Gasteiger partial charge in [0, 0.05) is 28.8 Å². The summed E-state index contributed by atoms with van der Waals surface area (Å²) in [7, 11) is 1.32. The normalized spacial score (nSPS) is 11.6. The molecule has 40 heavy (non-hydrogen) atoms. The molecule has 0 saturated carbocycles. The Morgan fingerprint density at radius 3 is 2.33 bits per heavy atom. The number of para-hydroxylation sites is 1. The van der Waals surface area contributed by atoms with Crippen LogP contribution in [0.1, 0.15) is 16.7 Å². The smallest absolute Gasteiger partial charge is 0.418 e. The van der Waals surface area contributed by atoms with Gasteiger partial charge >= 0.3 is 12.1 Å². The molecule has 0 atom stereocenters. The molecule has 0 N–H and O–H groups in total. The van der Waals surface area contributed by atoms with E-state index in [-0.39, 0.29) is 12.1 Å². The fraction of sp³-hybridized carbons (Fsp3) is 0.0909. The second-order valence-electron chi connectivity index (χ2n) is 9.03. The lowest BCUT2D eigenvalue weighted by molar-refractivity contribution is -0.136. The van der Waals surface area contributed by atoms with Crippen molar-refractivity contribution in [3.05, 3.63) is 126 Å². The number of benzene rings is 4. The van der Waals surface area contributed by atoms with E-state index in [2.05, 4.69) is 9.72 Å². The maximum Gasteiger partial charge on any atom is 0.418 e. The third-order valence-corrected chi connectivity index (χ3v) is 6.41. The summed E-state index contributed by atoms with van der Waals surface area (Å²) in [5.41, 5.74) is 3.81. The molecule has 0 aliphatic rings. The lowest BCUT2D eigenvalue weighted by atomic mass is 9.91. The number of pyridine rings is 1. The molecule has 7 heteroatoms. The summed E-state index contributed by atoms with van der Waals surface area (Å²) in [5.74, 6) is 0.141. The van der Waals surface area contributed by atoms with E-state index in [0.717, 1.165) is 28.3 Å². The Morgan fingerprint density at radius 2 is 1.60 bits per heavy atom. The number of ether oxygens (including phenoxy) is 2. The summed E-state index contributed by atoms with van der Waals surface area (Å²) < 4.78 is 52.2. The average molecular weight is 540 g/mol. The first-order chi connectivity index (χ1) is 19.3. The number of alkyl halides is 3. The molecule has 5 rings (SSSR count). The topological polar surface area (TPSA) is 48.4 Å². The highest BCUT2D eigenvalue weighted by Crippen LogP contribution is 2.42. The first kappa shape index (κ1) is 26.7. The molecular weight excluding hydrogens is 515 g/mol. The molecule has 0 radical (unpaired) electrons. The molecule has 5 aromatic rings. The van der Waals surface area contributed by atoms with E-state index in [9.17, 15) is 18.0 Å². The Labute approximate surface area is 229 Å². The van der Waals surface area contributed by atoms with Crippen LogP contribution < -0.4 is 4.74 Å². The summed E-state index contributed by atoms with van der Waals surface area (Å²) >= 11 is 0.